The number of ether oxygens (including phenoxy) is 2. The van der Waals surface area contributed by atoms with Crippen LogP contribution in [-0.2, 0) is 28.7 Å². The Labute approximate surface area is 140 Å². The van der Waals surface area contributed by atoms with E-state index in [1.807, 2.05) is 0 Å². The summed E-state index contributed by atoms with van der Waals surface area (Å²) >= 11 is 0. The Hall–Kier alpha value is -2.12. The van der Waals surface area contributed by atoms with Crippen molar-refractivity contribution >= 4 is 23.9 Å². The molecular weight excluding hydrogens is 320 g/mol. The predicted molar refractivity (Wildman–Crippen MR) is 81.0 cm³/mol. The van der Waals surface area contributed by atoms with Gasteiger partial charge in [0.05, 0.1) is 37.9 Å². The van der Waals surface area contributed by atoms with E-state index in [0.29, 0.717) is 38.5 Å². The number of carbonyl (C=O) groups is 4. The molecule has 0 unspecified atom stereocenters. The Morgan fingerprint density at radius 2 is 0.958 bits per heavy atom. The first-order valence-corrected chi connectivity index (χ1v) is 7.91. The monoisotopic (exact) mass is 344 g/mol. The number of carboxylic acids is 2. The summed E-state index contributed by atoms with van der Waals surface area (Å²) in [5, 5.41) is 17.3. The minimum atomic E-state index is -0.804. The molecule has 2 aliphatic rings. The molecule has 2 aliphatic carbocycles. The highest BCUT2D eigenvalue weighted by Gasteiger charge is 2.35. The molecule has 136 valence electrons. The normalized spacial score (nSPS) is 28.4. The van der Waals surface area contributed by atoms with E-state index < -0.39 is 11.9 Å². The molecule has 2 rings (SSSR count). The summed E-state index contributed by atoms with van der Waals surface area (Å²) in [6.45, 7) is 0. The molecule has 2 saturated carbocycles. The lowest BCUT2D eigenvalue weighted by Crippen LogP contribution is -2.15. The lowest BCUT2D eigenvalue weighted by molar-refractivity contribution is -0.147. The summed E-state index contributed by atoms with van der Waals surface area (Å²) in [4.78, 5) is 42.9. The summed E-state index contributed by atoms with van der Waals surface area (Å²) < 4.78 is 9.06. The number of esters is 2. The fourth-order valence-electron chi connectivity index (χ4n) is 3.17. The van der Waals surface area contributed by atoms with E-state index in [4.69, 9.17) is 10.2 Å². The average molecular weight is 344 g/mol. The minimum Gasteiger partial charge on any atom is -0.481 e. The smallest absolute Gasteiger partial charge is 0.308 e. The predicted octanol–water partition coefficient (Wildman–Crippen LogP) is 1.32. The van der Waals surface area contributed by atoms with Gasteiger partial charge in [-0.2, -0.15) is 0 Å². The van der Waals surface area contributed by atoms with Gasteiger partial charge in [0.25, 0.3) is 0 Å². The van der Waals surface area contributed by atoms with Crippen molar-refractivity contribution in [2.24, 2.45) is 23.7 Å². The quantitative estimate of drug-likeness (QED) is 0.731. The van der Waals surface area contributed by atoms with Gasteiger partial charge in [0.1, 0.15) is 0 Å². The van der Waals surface area contributed by atoms with Crippen LogP contribution < -0.4 is 0 Å². The number of carboxylic acid groups (broad SMARTS) is 2. The molecule has 0 aliphatic heterocycles. The zero-order valence-corrected chi connectivity index (χ0v) is 13.9. The van der Waals surface area contributed by atoms with E-state index in [9.17, 15) is 19.2 Å². The van der Waals surface area contributed by atoms with E-state index in [0.717, 1.165) is 0 Å². The molecule has 8 heteroatoms. The van der Waals surface area contributed by atoms with Crippen molar-refractivity contribution in [3.8, 4) is 0 Å². The van der Waals surface area contributed by atoms with Crippen LogP contribution in [0.15, 0.2) is 0 Å². The van der Waals surface area contributed by atoms with Crippen molar-refractivity contribution in [1.82, 2.24) is 0 Å². The van der Waals surface area contributed by atoms with Gasteiger partial charge in [0.2, 0.25) is 0 Å². The van der Waals surface area contributed by atoms with Gasteiger partial charge in [-0.3, -0.25) is 19.2 Å². The van der Waals surface area contributed by atoms with Crippen LogP contribution in [0.4, 0.5) is 0 Å². The van der Waals surface area contributed by atoms with Crippen molar-refractivity contribution in [2.75, 3.05) is 14.2 Å². The highest BCUT2D eigenvalue weighted by atomic mass is 16.5. The largest absolute Gasteiger partial charge is 0.481 e. The van der Waals surface area contributed by atoms with Crippen molar-refractivity contribution in [3.05, 3.63) is 0 Å². The second-order valence-electron chi connectivity index (χ2n) is 6.14. The second kappa shape index (κ2) is 9.24. The van der Waals surface area contributed by atoms with Crippen LogP contribution in [0.3, 0.4) is 0 Å². The number of rotatable bonds is 4. The fourth-order valence-corrected chi connectivity index (χ4v) is 3.17. The topological polar surface area (TPSA) is 127 Å². The van der Waals surface area contributed by atoms with E-state index >= 15 is 0 Å². The molecule has 0 aromatic rings. The first-order valence-electron chi connectivity index (χ1n) is 7.91. The van der Waals surface area contributed by atoms with Crippen molar-refractivity contribution in [2.45, 2.75) is 38.5 Å². The standard InChI is InChI=1S/2C8H12O4/c2*1-12-8(11)6-3-2-5(4-6)7(9)10/h2*5-6H,2-4H2,1H3,(H,9,10)/t2*5-,6+/m10/s1. The number of hydrogen-bond acceptors (Lipinski definition) is 6. The Morgan fingerprint density at radius 3 is 1.17 bits per heavy atom. The zero-order chi connectivity index (χ0) is 18.3. The molecular formula is C16H24O8. The van der Waals surface area contributed by atoms with Crippen LogP contribution in [0.25, 0.3) is 0 Å². The maximum atomic E-state index is 11.0. The first kappa shape index (κ1) is 19.9. The third-order valence-electron chi connectivity index (χ3n) is 4.63. The van der Waals surface area contributed by atoms with Gasteiger partial charge in [-0.05, 0) is 38.5 Å². The van der Waals surface area contributed by atoms with Crippen LogP contribution in [0.1, 0.15) is 38.5 Å². The van der Waals surface area contributed by atoms with Crippen molar-refractivity contribution in [3.63, 3.8) is 0 Å². The summed E-state index contributed by atoms with van der Waals surface area (Å²) in [6, 6.07) is 0. The number of carbonyl (C=O) groups excluding carboxylic acids is 2. The Bertz CT molecular complexity index is 442. The molecule has 2 fully saturated rings. The molecule has 8 nitrogen and oxygen atoms in total. The molecule has 0 aromatic carbocycles. The molecule has 2 N–H and O–H groups in total. The van der Waals surface area contributed by atoms with E-state index in [1.165, 1.54) is 14.2 Å². The average Bonchev–Trinajstić information content (AvgIpc) is 3.23. The Kier molecular flexibility index (Phi) is 7.67. The van der Waals surface area contributed by atoms with Crippen LogP contribution in [-0.4, -0.2) is 48.3 Å². The molecule has 0 saturated heterocycles. The van der Waals surface area contributed by atoms with Gasteiger partial charge in [-0.25, -0.2) is 0 Å². The second-order valence-corrected chi connectivity index (χ2v) is 6.14. The maximum absolute atomic E-state index is 11.0. The van der Waals surface area contributed by atoms with Crippen LogP contribution in [0.5, 0.6) is 0 Å². The molecule has 0 aromatic heterocycles. The number of aliphatic carboxylic acids is 2. The van der Waals surface area contributed by atoms with Gasteiger partial charge in [0, 0.05) is 0 Å². The fraction of sp³-hybridized carbons (Fsp3) is 0.750. The summed E-state index contributed by atoms with van der Waals surface area (Å²) in [6.07, 6.45) is 3.33. The summed E-state index contributed by atoms with van der Waals surface area (Å²) in [5.41, 5.74) is 0. The van der Waals surface area contributed by atoms with E-state index in [2.05, 4.69) is 9.47 Å². The van der Waals surface area contributed by atoms with Crippen LogP contribution in [0, 0.1) is 23.7 Å². The molecule has 0 radical (unpaired) electrons. The van der Waals surface area contributed by atoms with Crippen molar-refractivity contribution < 1.29 is 38.9 Å². The summed E-state index contributed by atoms with van der Waals surface area (Å²) in [5.74, 6) is -3.27. The number of hydrogen-bond donors (Lipinski definition) is 2. The Morgan fingerprint density at radius 1 is 0.667 bits per heavy atom. The lowest BCUT2D eigenvalue weighted by Gasteiger charge is -2.05. The molecule has 0 spiro atoms. The highest BCUT2D eigenvalue weighted by Crippen LogP contribution is 2.32. The van der Waals surface area contributed by atoms with Gasteiger partial charge >= 0.3 is 23.9 Å². The molecule has 0 amide bonds. The lowest BCUT2D eigenvalue weighted by atomic mass is 10.1. The van der Waals surface area contributed by atoms with E-state index in [-0.39, 0.29) is 35.6 Å². The molecule has 0 heterocycles. The highest BCUT2D eigenvalue weighted by molar-refractivity contribution is 5.77. The third kappa shape index (κ3) is 5.50. The maximum Gasteiger partial charge on any atom is 0.308 e. The number of methoxy groups -OCH3 is 2. The molecule has 4 atom stereocenters. The molecule has 0 bridgehead atoms. The minimum absolute atomic E-state index is 0.198. The van der Waals surface area contributed by atoms with Crippen molar-refractivity contribution in [1.29, 1.82) is 0 Å². The van der Waals surface area contributed by atoms with Gasteiger partial charge < -0.3 is 19.7 Å². The van der Waals surface area contributed by atoms with Gasteiger partial charge in [0.15, 0.2) is 0 Å². The zero-order valence-electron chi connectivity index (χ0n) is 13.9. The van der Waals surface area contributed by atoms with Gasteiger partial charge in [-0.1, -0.05) is 0 Å². The van der Waals surface area contributed by atoms with Crippen LogP contribution in [0.2, 0.25) is 0 Å². The first-order chi connectivity index (χ1) is 11.3. The Balaban J connectivity index is 0.000000240. The summed E-state index contributed by atoms with van der Waals surface area (Å²) in [7, 11) is 2.66. The van der Waals surface area contributed by atoms with E-state index in [1.54, 1.807) is 0 Å². The van der Waals surface area contributed by atoms with Crippen LogP contribution >= 0.6 is 0 Å². The molecule has 24 heavy (non-hydrogen) atoms. The third-order valence-corrected chi connectivity index (χ3v) is 4.63. The SMILES string of the molecule is COC(=O)[C@@H]1CC[C@H](C(=O)O)C1.COC(=O)[C@H]1CC[C@@H](C(=O)O)C1. The van der Waals surface area contributed by atoms with Gasteiger partial charge in [-0.15, -0.1) is 0 Å².